The van der Waals surface area contributed by atoms with Crippen LogP contribution in [0.1, 0.15) is 7.43 Å². The van der Waals surface area contributed by atoms with Gasteiger partial charge in [-0.3, -0.25) is 0 Å². The van der Waals surface area contributed by atoms with Crippen molar-refractivity contribution < 1.29 is 44.7 Å². The van der Waals surface area contributed by atoms with Gasteiger partial charge in [0.15, 0.2) is 0 Å². The molecule has 0 spiro atoms. The molecule has 0 bridgehead atoms. The Kier molecular flexibility index (Phi) is 141. The van der Waals surface area contributed by atoms with Crippen LogP contribution in [0.25, 0.3) is 0 Å². The normalized spacial score (nSPS) is 1.50. The SMILES string of the molecule is C.[O]=[Au].[Pd]. The van der Waals surface area contributed by atoms with Crippen LogP contribution < -0.4 is 0 Å². The molecular weight excluding hydrogens is 331 g/mol. The van der Waals surface area contributed by atoms with E-state index in [1.54, 1.807) is 0 Å². The van der Waals surface area contributed by atoms with E-state index in [2.05, 4.69) is 0 Å². The summed E-state index contributed by atoms with van der Waals surface area (Å²) in [5.41, 5.74) is 0. The van der Waals surface area contributed by atoms with Crippen molar-refractivity contribution in [1.29, 1.82) is 0 Å². The van der Waals surface area contributed by atoms with Crippen LogP contribution in [0.15, 0.2) is 0 Å². The van der Waals surface area contributed by atoms with Gasteiger partial charge in [0.1, 0.15) is 0 Å². The second-order valence-electron chi connectivity index (χ2n) is 0. The fourth-order valence-corrected chi connectivity index (χ4v) is 0. The van der Waals surface area contributed by atoms with Gasteiger partial charge < -0.3 is 0 Å². The minimum absolute atomic E-state index is 0. The third kappa shape index (κ3) is 10.7. The Morgan fingerprint density at radius 1 is 1.25 bits per heavy atom. The number of hydrogen-bond donors (Lipinski definition) is 0. The Labute approximate surface area is 52.1 Å². The minimum atomic E-state index is 0. The van der Waals surface area contributed by atoms with Crippen LogP contribution in [0.4, 0.5) is 0 Å². The molecule has 0 rings (SSSR count). The van der Waals surface area contributed by atoms with Crippen molar-refractivity contribution >= 4 is 0 Å². The monoisotopic (exact) mass is 335 g/mol. The van der Waals surface area contributed by atoms with Crippen LogP contribution >= 0.6 is 0 Å². The van der Waals surface area contributed by atoms with Gasteiger partial charge in [0.2, 0.25) is 0 Å². The molecule has 0 fully saturated rings. The zero-order valence-electron chi connectivity index (χ0n) is 1.03. The second-order valence-corrected chi connectivity index (χ2v) is 0. The maximum absolute atomic E-state index is 8.19. The summed E-state index contributed by atoms with van der Waals surface area (Å²) in [6, 6.07) is 0. The molecule has 0 aromatic rings. The largest absolute Gasteiger partial charge is 0 e. The first-order valence-electron chi connectivity index (χ1n) is 0.123. The Morgan fingerprint density at radius 2 is 1.25 bits per heavy atom. The van der Waals surface area contributed by atoms with E-state index < -0.39 is 0 Å². The van der Waals surface area contributed by atoms with E-state index in [0.29, 0.717) is 0 Å². The molecule has 0 amide bonds. The first-order chi connectivity index (χ1) is 1.00. The average Bonchev–Trinajstić information content (AvgIpc) is 1.00. The van der Waals surface area contributed by atoms with Crippen LogP contribution in [0.3, 0.4) is 0 Å². The van der Waals surface area contributed by atoms with E-state index >= 15 is 0 Å². The van der Waals surface area contributed by atoms with Gasteiger partial charge in [0.25, 0.3) is 0 Å². The zero-order valence-corrected chi connectivity index (χ0v) is 4.75. The van der Waals surface area contributed by atoms with Crippen molar-refractivity contribution in [2.75, 3.05) is 0 Å². The van der Waals surface area contributed by atoms with Crippen LogP contribution in [0.2, 0.25) is 0 Å². The van der Waals surface area contributed by atoms with E-state index in [1.807, 2.05) is 0 Å². The van der Waals surface area contributed by atoms with Crippen molar-refractivity contribution in [2.24, 2.45) is 0 Å². The Bertz CT molecular complexity index is 8.00. The molecule has 35 valence electrons. The van der Waals surface area contributed by atoms with Gasteiger partial charge in [-0.2, -0.15) is 0 Å². The molecule has 0 saturated heterocycles. The van der Waals surface area contributed by atoms with Crippen molar-refractivity contribution in [3.05, 3.63) is 0 Å². The molecule has 0 unspecified atom stereocenters. The van der Waals surface area contributed by atoms with Crippen molar-refractivity contribution in [1.82, 2.24) is 0 Å². The van der Waals surface area contributed by atoms with Crippen LogP contribution in [-0.4, -0.2) is 0 Å². The summed E-state index contributed by atoms with van der Waals surface area (Å²) in [4.78, 5) is 0. The molecule has 0 aromatic carbocycles. The second kappa shape index (κ2) is 29.8. The number of hydrogen-bond acceptors (Lipinski definition) is 1. The summed E-state index contributed by atoms with van der Waals surface area (Å²) in [7, 11) is 0. The molecule has 0 atom stereocenters. The molecule has 0 aromatic heterocycles. The van der Waals surface area contributed by atoms with Gasteiger partial charge in [0.05, 0.1) is 0 Å². The van der Waals surface area contributed by atoms with Gasteiger partial charge in [-0.15, -0.1) is 0 Å². The maximum Gasteiger partial charge on any atom is 0 e. The minimum Gasteiger partial charge on any atom is 0 e. The quantitative estimate of drug-likeness (QED) is 0.590. The standard InChI is InChI=1S/CH4.Au.O.Pd/h1H4;;;. The summed E-state index contributed by atoms with van der Waals surface area (Å²) >= 11 is 1.03. The first-order valence-corrected chi connectivity index (χ1v) is 1.01. The first kappa shape index (κ1) is 18.9. The molecule has 4 heavy (non-hydrogen) atoms. The predicted molar refractivity (Wildman–Crippen MR) is 7.42 cm³/mol. The summed E-state index contributed by atoms with van der Waals surface area (Å²) in [5.74, 6) is 0. The fraction of sp³-hybridized carbons (Fsp3) is 1.00. The Morgan fingerprint density at radius 3 is 1.25 bits per heavy atom. The smallest absolute Gasteiger partial charge is 0 e. The van der Waals surface area contributed by atoms with E-state index in [4.69, 9.17) is 3.25 Å². The summed E-state index contributed by atoms with van der Waals surface area (Å²) in [6.45, 7) is 0. The Hall–Kier alpha value is 1.20. The van der Waals surface area contributed by atoms with Gasteiger partial charge >= 0.3 is 24.3 Å². The van der Waals surface area contributed by atoms with E-state index in [0.717, 1.165) is 21.0 Å². The van der Waals surface area contributed by atoms with Gasteiger partial charge in [-0.25, -0.2) is 0 Å². The third-order valence-electron chi connectivity index (χ3n) is 0. The fourth-order valence-electron chi connectivity index (χ4n) is 0. The molecule has 3 heteroatoms. The van der Waals surface area contributed by atoms with Gasteiger partial charge in [-0.1, -0.05) is 7.43 Å². The summed E-state index contributed by atoms with van der Waals surface area (Å²) in [6.07, 6.45) is 0. The maximum atomic E-state index is 8.19. The molecule has 0 aliphatic heterocycles. The van der Waals surface area contributed by atoms with Gasteiger partial charge in [-0.05, 0) is 0 Å². The molecule has 0 aliphatic carbocycles. The molecule has 0 heterocycles. The van der Waals surface area contributed by atoms with E-state index in [-0.39, 0.29) is 27.8 Å². The molecule has 0 radical (unpaired) electrons. The molecule has 0 saturated carbocycles. The summed E-state index contributed by atoms with van der Waals surface area (Å²) in [5, 5.41) is 0. The van der Waals surface area contributed by atoms with Gasteiger partial charge in [0, 0.05) is 20.4 Å². The summed E-state index contributed by atoms with van der Waals surface area (Å²) < 4.78 is 8.19. The third-order valence-corrected chi connectivity index (χ3v) is 0. The Balaban J connectivity index is -0.00000000500. The van der Waals surface area contributed by atoms with Crippen molar-refractivity contribution in [2.45, 2.75) is 7.43 Å². The predicted octanol–water partition coefficient (Wildman–Crippen LogP) is 0.512. The van der Waals surface area contributed by atoms with E-state index in [1.165, 1.54) is 0 Å². The van der Waals surface area contributed by atoms with Crippen molar-refractivity contribution in [3.63, 3.8) is 0 Å². The van der Waals surface area contributed by atoms with Crippen LogP contribution in [0, 0.1) is 0 Å². The molecule has 0 N–H and O–H groups in total. The van der Waals surface area contributed by atoms with Crippen molar-refractivity contribution in [3.8, 4) is 0 Å². The number of rotatable bonds is 0. The average molecular weight is 335 g/mol. The van der Waals surface area contributed by atoms with E-state index in [9.17, 15) is 0 Å². The topological polar surface area (TPSA) is 17.1 Å². The van der Waals surface area contributed by atoms with Crippen LogP contribution in [-0.2, 0) is 44.7 Å². The molecular formula is CH4AuOPd. The molecule has 0 aliphatic rings. The molecule has 1 nitrogen and oxygen atoms in total. The van der Waals surface area contributed by atoms with Crippen LogP contribution in [0.5, 0.6) is 0 Å². The zero-order chi connectivity index (χ0) is 2.00.